The number of alkyl halides is 3. The molecule has 1 spiro atoms. The van der Waals surface area contributed by atoms with Crippen LogP contribution in [0.1, 0.15) is 60.2 Å². The Morgan fingerprint density at radius 3 is 2.70 bits per heavy atom. The van der Waals surface area contributed by atoms with Gasteiger partial charge in [0.2, 0.25) is 0 Å². The summed E-state index contributed by atoms with van der Waals surface area (Å²) in [7, 11) is 0. The van der Waals surface area contributed by atoms with Crippen LogP contribution in [0.25, 0.3) is 21.1 Å². The second-order valence-electron chi connectivity index (χ2n) is 13.1. The van der Waals surface area contributed by atoms with Crippen molar-refractivity contribution >= 4 is 38.3 Å². The lowest BCUT2D eigenvalue weighted by molar-refractivity contribution is -0.162. The van der Waals surface area contributed by atoms with Crippen molar-refractivity contribution in [2.24, 2.45) is 5.41 Å². The largest absolute Gasteiger partial charge is 0.393 e. The standard InChI is InChI=1S/C34H39F3N6O2S/c1-23-24(6-7-29-27(23)15-25(18-38)43(29)10-4-14-45-30-5-2-3-13-44-30)19-41-11-8-33(9-12-41)20-42(21-33)31-28-16-26(17-34(35,36)37)46-32(28)40-22-39-31/h6-7,15-16,22,30H,2-5,8-14,17,19-21H2,1H3. The normalized spacial score (nSPS) is 20.4. The molecule has 1 atom stereocenters. The van der Waals surface area contributed by atoms with Crippen molar-refractivity contribution in [2.45, 2.75) is 77.4 Å². The lowest BCUT2D eigenvalue weighted by Crippen LogP contribution is -2.60. The number of piperidine rings is 1. The molecule has 6 heterocycles. The van der Waals surface area contributed by atoms with Gasteiger partial charge in [-0.1, -0.05) is 6.07 Å². The predicted octanol–water partition coefficient (Wildman–Crippen LogP) is 6.97. The molecule has 3 aliphatic rings. The number of benzene rings is 1. The maximum absolute atomic E-state index is 13.0. The Morgan fingerprint density at radius 1 is 1.13 bits per heavy atom. The highest BCUT2D eigenvalue weighted by Gasteiger charge is 2.46. The molecule has 8 nitrogen and oxygen atoms in total. The van der Waals surface area contributed by atoms with Crippen LogP contribution >= 0.6 is 11.3 Å². The van der Waals surface area contributed by atoms with E-state index in [1.807, 2.05) is 6.07 Å². The Bertz CT molecular complexity index is 1740. The van der Waals surface area contributed by atoms with Gasteiger partial charge in [0, 0.05) is 54.0 Å². The Balaban J connectivity index is 0.951. The number of aryl methyl sites for hydroxylation is 2. The molecule has 0 saturated carbocycles. The fourth-order valence-electron chi connectivity index (χ4n) is 7.39. The predicted molar refractivity (Wildman–Crippen MR) is 172 cm³/mol. The Hall–Kier alpha value is -3.24. The van der Waals surface area contributed by atoms with Crippen molar-refractivity contribution in [3.8, 4) is 6.07 Å². The lowest BCUT2D eigenvalue weighted by Gasteiger charge is -2.54. The van der Waals surface area contributed by atoms with Crippen LogP contribution in [0.3, 0.4) is 0 Å². The highest BCUT2D eigenvalue weighted by atomic mass is 32.1. The first kappa shape index (κ1) is 31.4. The zero-order valence-electron chi connectivity index (χ0n) is 26.1. The number of likely N-dealkylation sites (tertiary alicyclic amines) is 1. The summed E-state index contributed by atoms with van der Waals surface area (Å²) in [4.78, 5) is 14.3. The average molecular weight is 653 g/mol. The summed E-state index contributed by atoms with van der Waals surface area (Å²) >= 11 is 1.10. The molecule has 0 amide bonds. The fraction of sp³-hybridized carbons (Fsp3) is 0.559. The quantitative estimate of drug-likeness (QED) is 0.181. The molecule has 1 unspecified atom stereocenters. The van der Waals surface area contributed by atoms with Crippen molar-refractivity contribution in [1.29, 1.82) is 5.26 Å². The van der Waals surface area contributed by atoms with Crippen molar-refractivity contribution in [1.82, 2.24) is 19.4 Å². The van der Waals surface area contributed by atoms with Gasteiger partial charge in [0.15, 0.2) is 6.29 Å². The molecule has 46 heavy (non-hydrogen) atoms. The van der Waals surface area contributed by atoms with E-state index in [1.165, 1.54) is 17.5 Å². The molecule has 244 valence electrons. The second-order valence-corrected chi connectivity index (χ2v) is 14.3. The number of hydrogen-bond acceptors (Lipinski definition) is 8. The van der Waals surface area contributed by atoms with Gasteiger partial charge < -0.3 is 18.9 Å². The Kier molecular flexibility index (Phi) is 8.69. The van der Waals surface area contributed by atoms with Gasteiger partial charge in [-0.15, -0.1) is 11.3 Å². The molecule has 3 aliphatic heterocycles. The van der Waals surface area contributed by atoms with Crippen molar-refractivity contribution in [3.63, 3.8) is 0 Å². The van der Waals surface area contributed by atoms with E-state index in [4.69, 9.17) is 9.47 Å². The molecule has 0 bridgehead atoms. The minimum absolute atomic E-state index is 0.0953. The maximum atomic E-state index is 13.0. The van der Waals surface area contributed by atoms with Crippen molar-refractivity contribution in [2.75, 3.05) is 44.3 Å². The highest BCUT2D eigenvalue weighted by molar-refractivity contribution is 7.18. The fourth-order valence-corrected chi connectivity index (χ4v) is 8.41. The van der Waals surface area contributed by atoms with Crippen LogP contribution in [0.2, 0.25) is 0 Å². The van der Waals surface area contributed by atoms with Gasteiger partial charge in [-0.05, 0) is 87.9 Å². The third kappa shape index (κ3) is 6.47. The SMILES string of the molecule is Cc1c(CN2CCC3(CC2)CN(c2ncnc4sc(CC(F)(F)F)cc24)C3)ccc2c1cc(C#N)n2CCCOC1CCCCO1. The third-order valence-corrected chi connectivity index (χ3v) is 11.0. The number of nitrogens with zero attached hydrogens (tertiary/aromatic N) is 6. The molecule has 4 aromatic rings. The van der Waals surface area contributed by atoms with Crippen LogP contribution in [0.15, 0.2) is 30.6 Å². The monoisotopic (exact) mass is 652 g/mol. The highest BCUT2D eigenvalue weighted by Crippen LogP contribution is 2.45. The van der Waals surface area contributed by atoms with Gasteiger partial charge in [0.25, 0.3) is 0 Å². The summed E-state index contributed by atoms with van der Waals surface area (Å²) in [6.45, 7) is 8.86. The number of hydrogen-bond donors (Lipinski definition) is 0. The van der Waals surface area contributed by atoms with Crippen LogP contribution in [-0.2, 0) is 29.0 Å². The number of fused-ring (bicyclic) bond motifs is 2. The minimum Gasteiger partial charge on any atom is -0.355 e. The molecular formula is C34H39F3N6O2S. The molecule has 0 N–H and O–H groups in total. The van der Waals surface area contributed by atoms with Crippen LogP contribution in [0.4, 0.5) is 19.0 Å². The molecule has 0 aliphatic carbocycles. The number of thiophene rings is 1. The Morgan fingerprint density at radius 2 is 1.96 bits per heavy atom. The average Bonchev–Trinajstić information content (AvgIpc) is 3.60. The number of ether oxygens (including phenoxy) is 2. The third-order valence-electron chi connectivity index (χ3n) is 9.95. The van der Waals surface area contributed by atoms with Gasteiger partial charge in [0.1, 0.15) is 28.7 Å². The van der Waals surface area contributed by atoms with E-state index >= 15 is 0 Å². The van der Waals surface area contributed by atoms with E-state index in [0.29, 0.717) is 17.1 Å². The summed E-state index contributed by atoms with van der Waals surface area (Å²) < 4.78 is 52.6. The van der Waals surface area contributed by atoms with E-state index in [1.54, 1.807) is 6.07 Å². The van der Waals surface area contributed by atoms with Gasteiger partial charge in [-0.2, -0.15) is 18.4 Å². The van der Waals surface area contributed by atoms with Crippen molar-refractivity contribution in [3.05, 3.63) is 52.3 Å². The first-order valence-corrected chi connectivity index (χ1v) is 17.0. The first-order chi connectivity index (χ1) is 22.2. The summed E-state index contributed by atoms with van der Waals surface area (Å²) in [6, 6.07) is 10.4. The molecule has 1 aromatic carbocycles. The Labute approximate surface area is 270 Å². The molecule has 3 aromatic heterocycles. The topological polar surface area (TPSA) is 79.4 Å². The summed E-state index contributed by atoms with van der Waals surface area (Å²) in [5.74, 6) is 0.751. The summed E-state index contributed by atoms with van der Waals surface area (Å²) in [6.07, 6.45) is 2.37. The molecule has 3 fully saturated rings. The van der Waals surface area contributed by atoms with E-state index in [9.17, 15) is 18.4 Å². The minimum atomic E-state index is -4.24. The number of anilines is 1. The summed E-state index contributed by atoms with van der Waals surface area (Å²) in [5, 5.41) is 11.7. The number of rotatable bonds is 9. The van der Waals surface area contributed by atoms with E-state index in [-0.39, 0.29) is 16.6 Å². The second kappa shape index (κ2) is 12.8. The lowest BCUT2D eigenvalue weighted by atomic mass is 9.72. The van der Waals surface area contributed by atoms with E-state index in [0.717, 1.165) is 118 Å². The van der Waals surface area contributed by atoms with Crippen molar-refractivity contribution < 1.29 is 22.6 Å². The zero-order chi connectivity index (χ0) is 31.9. The maximum Gasteiger partial charge on any atom is 0.393 e. The number of aromatic nitrogens is 3. The van der Waals surface area contributed by atoms with Crippen LogP contribution in [0, 0.1) is 23.7 Å². The van der Waals surface area contributed by atoms with Gasteiger partial charge in [-0.25, -0.2) is 9.97 Å². The van der Waals surface area contributed by atoms with Gasteiger partial charge in [-0.3, -0.25) is 4.90 Å². The van der Waals surface area contributed by atoms with E-state index in [2.05, 4.69) is 49.5 Å². The molecule has 0 radical (unpaired) electrons. The molecular weight excluding hydrogens is 613 g/mol. The smallest absolute Gasteiger partial charge is 0.355 e. The molecule has 12 heteroatoms. The van der Waals surface area contributed by atoms with Gasteiger partial charge in [0.05, 0.1) is 18.4 Å². The number of nitriles is 1. The molecule has 7 rings (SSSR count). The van der Waals surface area contributed by atoms with Gasteiger partial charge >= 0.3 is 6.18 Å². The summed E-state index contributed by atoms with van der Waals surface area (Å²) in [5.41, 5.74) is 4.49. The molecule has 3 saturated heterocycles. The van der Waals surface area contributed by atoms with Crippen LogP contribution in [0.5, 0.6) is 0 Å². The van der Waals surface area contributed by atoms with Crippen LogP contribution < -0.4 is 4.90 Å². The van der Waals surface area contributed by atoms with Crippen LogP contribution in [-0.4, -0.2) is 71.3 Å². The first-order valence-electron chi connectivity index (χ1n) is 16.2. The van der Waals surface area contributed by atoms with E-state index < -0.39 is 12.6 Å². The number of halogens is 3. The zero-order valence-corrected chi connectivity index (χ0v) is 26.9.